The van der Waals surface area contributed by atoms with Crippen LogP contribution in [0, 0.1) is 0 Å². The molecule has 1 aromatic carbocycles. The van der Waals surface area contributed by atoms with Crippen LogP contribution in [0.3, 0.4) is 0 Å². The number of thioether (sulfide) groups is 1. The second kappa shape index (κ2) is 9.98. The van der Waals surface area contributed by atoms with Gasteiger partial charge in [-0.1, -0.05) is 17.7 Å². The number of hydrogen-bond donors (Lipinski definition) is 4. The van der Waals surface area contributed by atoms with E-state index in [1.165, 1.54) is 39.8 Å². The van der Waals surface area contributed by atoms with E-state index >= 15 is 0 Å². The zero-order valence-electron chi connectivity index (χ0n) is 20.6. The molecule has 0 spiro atoms. The number of piperazine rings is 1. The number of amides is 6. The molecule has 13 nitrogen and oxygen atoms in total. The molecule has 1 aromatic rings. The Balaban J connectivity index is 1.56. The number of β-lactam (4-membered cyclic amide) rings is 1. The van der Waals surface area contributed by atoms with Gasteiger partial charge in [0.05, 0.1) is 5.02 Å². The number of benzene rings is 1. The fourth-order valence-corrected chi connectivity index (χ4v) is 6.57. The van der Waals surface area contributed by atoms with Gasteiger partial charge in [0.25, 0.3) is 0 Å². The van der Waals surface area contributed by atoms with E-state index in [2.05, 4.69) is 10.6 Å². The van der Waals surface area contributed by atoms with Gasteiger partial charge in [0.1, 0.15) is 29.2 Å². The standard InChI is InChI=1S/C23H26ClN5O8S/c1-4-27-7-8-28(19(34)18(27)33)22(37)26-13(10-5-6-12(30)11(24)9-10)16(31)25-14-17(32)29-15(21(35)36)23(2,3)38-20(14)29/h5-6,9,13-15,20,30H,4,7-8H2,1-3H3,(H,25,31)(H,26,37)(H,35,36)/t13?,14-,15+,20-/m1/s1. The Hall–Kier alpha value is -3.52. The van der Waals surface area contributed by atoms with Crippen molar-refractivity contribution in [2.75, 3.05) is 19.6 Å². The first-order valence-electron chi connectivity index (χ1n) is 11.7. The highest BCUT2D eigenvalue weighted by molar-refractivity contribution is 8.01. The van der Waals surface area contributed by atoms with E-state index in [1.54, 1.807) is 20.8 Å². The number of rotatable bonds is 6. The van der Waals surface area contributed by atoms with E-state index in [0.29, 0.717) is 11.4 Å². The SMILES string of the molecule is CCN1CCN(C(=O)NC(C(=O)N[C@@H]2C(=O)N3[C@@H]2SC(C)(C)[C@@H]3C(=O)O)c2ccc(O)c(Cl)c2)C(=O)C1=O. The molecule has 0 aromatic heterocycles. The zero-order chi connectivity index (χ0) is 28.1. The normalized spacial score (nSPS) is 25.0. The molecule has 3 saturated heterocycles. The summed E-state index contributed by atoms with van der Waals surface area (Å²) >= 11 is 7.24. The van der Waals surface area contributed by atoms with Gasteiger partial charge in [-0.15, -0.1) is 11.8 Å². The number of carbonyl (C=O) groups is 6. The molecule has 1 unspecified atom stereocenters. The van der Waals surface area contributed by atoms with Gasteiger partial charge in [-0.05, 0) is 38.5 Å². The van der Waals surface area contributed by atoms with Gasteiger partial charge in [-0.25, -0.2) is 9.59 Å². The van der Waals surface area contributed by atoms with E-state index in [0.717, 1.165) is 0 Å². The number of fused-ring (bicyclic) bond motifs is 1. The molecule has 3 aliphatic heterocycles. The molecular formula is C23H26ClN5O8S. The zero-order valence-corrected chi connectivity index (χ0v) is 22.2. The van der Waals surface area contributed by atoms with Crippen molar-refractivity contribution in [2.24, 2.45) is 0 Å². The molecular weight excluding hydrogens is 542 g/mol. The number of nitrogens with zero attached hydrogens (tertiary/aromatic N) is 3. The Bertz CT molecular complexity index is 1240. The predicted molar refractivity (Wildman–Crippen MR) is 134 cm³/mol. The molecule has 4 rings (SSSR count). The summed E-state index contributed by atoms with van der Waals surface area (Å²) < 4.78 is -0.808. The third kappa shape index (κ3) is 4.62. The van der Waals surface area contributed by atoms with Crippen molar-refractivity contribution in [3.05, 3.63) is 28.8 Å². The first-order valence-corrected chi connectivity index (χ1v) is 13.0. The van der Waals surface area contributed by atoms with Crippen molar-refractivity contribution in [1.29, 1.82) is 0 Å². The number of carboxylic acids is 1. The molecule has 0 radical (unpaired) electrons. The summed E-state index contributed by atoms with van der Waals surface area (Å²) in [5, 5.41) is 23.6. The average Bonchev–Trinajstić information content (AvgIpc) is 3.12. The van der Waals surface area contributed by atoms with Crippen LogP contribution in [0.2, 0.25) is 5.02 Å². The van der Waals surface area contributed by atoms with Crippen LogP contribution < -0.4 is 10.6 Å². The van der Waals surface area contributed by atoms with Gasteiger partial charge in [0.15, 0.2) is 0 Å². The summed E-state index contributed by atoms with van der Waals surface area (Å²) in [6.45, 7) is 5.42. The molecule has 38 heavy (non-hydrogen) atoms. The number of carbonyl (C=O) groups excluding carboxylic acids is 5. The number of phenolic OH excluding ortho intramolecular Hbond substituents is 1. The van der Waals surface area contributed by atoms with Crippen LogP contribution in [0.4, 0.5) is 4.79 Å². The van der Waals surface area contributed by atoms with E-state index in [9.17, 15) is 39.0 Å². The third-order valence-corrected chi connectivity index (χ3v) is 8.62. The maximum atomic E-state index is 13.4. The molecule has 3 fully saturated rings. The van der Waals surface area contributed by atoms with E-state index in [-0.39, 0.29) is 29.4 Å². The molecule has 4 N–H and O–H groups in total. The molecule has 0 bridgehead atoms. The Morgan fingerprint density at radius 2 is 1.87 bits per heavy atom. The van der Waals surface area contributed by atoms with Crippen LogP contribution in [-0.2, 0) is 24.0 Å². The molecule has 4 atom stereocenters. The lowest BCUT2D eigenvalue weighted by atomic mass is 9.95. The maximum Gasteiger partial charge on any atom is 0.327 e. The number of hydrogen-bond acceptors (Lipinski definition) is 8. The minimum atomic E-state index is -1.47. The monoisotopic (exact) mass is 567 g/mol. The molecule has 3 heterocycles. The van der Waals surface area contributed by atoms with Crippen molar-refractivity contribution >= 4 is 59.0 Å². The largest absolute Gasteiger partial charge is 0.506 e. The Labute approximate surface area is 226 Å². The highest BCUT2D eigenvalue weighted by Crippen LogP contribution is 2.50. The van der Waals surface area contributed by atoms with Gasteiger partial charge in [-0.3, -0.25) is 24.1 Å². The summed E-state index contributed by atoms with van der Waals surface area (Å²) in [7, 11) is 0. The Kier molecular flexibility index (Phi) is 7.23. The Morgan fingerprint density at radius 3 is 2.47 bits per heavy atom. The molecule has 204 valence electrons. The second-order valence-corrected chi connectivity index (χ2v) is 11.7. The van der Waals surface area contributed by atoms with Crippen LogP contribution in [0.1, 0.15) is 32.4 Å². The van der Waals surface area contributed by atoms with Crippen LogP contribution >= 0.6 is 23.4 Å². The summed E-state index contributed by atoms with van der Waals surface area (Å²) in [6.07, 6.45) is 0. The smallest absolute Gasteiger partial charge is 0.327 e. The van der Waals surface area contributed by atoms with Crippen LogP contribution in [0.5, 0.6) is 5.75 Å². The van der Waals surface area contributed by atoms with Crippen molar-refractivity contribution in [3.8, 4) is 5.75 Å². The molecule has 0 saturated carbocycles. The summed E-state index contributed by atoms with van der Waals surface area (Å²) in [5.74, 6) is -4.74. The summed E-state index contributed by atoms with van der Waals surface area (Å²) in [6, 6.07) is -0.823. The molecule has 0 aliphatic carbocycles. The number of aliphatic carboxylic acids is 1. The number of aromatic hydroxyl groups is 1. The van der Waals surface area contributed by atoms with Gasteiger partial charge in [0.2, 0.25) is 11.8 Å². The topological polar surface area (TPSA) is 177 Å². The van der Waals surface area contributed by atoms with Crippen molar-refractivity contribution < 1.29 is 39.0 Å². The van der Waals surface area contributed by atoms with Crippen LogP contribution in [-0.4, -0.2) is 102 Å². The average molecular weight is 568 g/mol. The van der Waals surface area contributed by atoms with Crippen LogP contribution in [0.15, 0.2) is 18.2 Å². The quantitative estimate of drug-likeness (QED) is 0.274. The van der Waals surface area contributed by atoms with E-state index in [1.807, 2.05) is 0 Å². The number of nitrogens with one attached hydrogen (secondary N) is 2. The number of halogens is 1. The fraction of sp³-hybridized carbons (Fsp3) is 0.478. The lowest BCUT2D eigenvalue weighted by Gasteiger charge is -2.44. The summed E-state index contributed by atoms with van der Waals surface area (Å²) in [5.41, 5.74) is 0.135. The summed E-state index contributed by atoms with van der Waals surface area (Å²) in [4.78, 5) is 79.0. The minimum Gasteiger partial charge on any atom is -0.506 e. The number of phenols is 1. The molecule has 3 aliphatic rings. The van der Waals surface area contributed by atoms with Gasteiger partial charge < -0.3 is 30.6 Å². The van der Waals surface area contributed by atoms with Gasteiger partial charge in [-0.2, -0.15) is 0 Å². The lowest BCUT2D eigenvalue weighted by molar-refractivity contribution is -0.161. The Morgan fingerprint density at radius 1 is 1.18 bits per heavy atom. The molecule has 6 amide bonds. The van der Waals surface area contributed by atoms with E-state index in [4.69, 9.17) is 11.6 Å². The van der Waals surface area contributed by atoms with Crippen molar-refractivity contribution in [2.45, 2.75) is 49.0 Å². The minimum absolute atomic E-state index is 0.0879. The lowest BCUT2D eigenvalue weighted by Crippen LogP contribution is -2.71. The van der Waals surface area contributed by atoms with E-state index < -0.39 is 63.9 Å². The number of carboxylic acid groups (broad SMARTS) is 1. The fourth-order valence-electron chi connectivity index (χ4n) is 4.76. The predicted octanol–water partition coefficient (Wildman–Crippen LogP) is 0.119. The van der Waals surface area contributed by atoms with Crippen LogP contribution in [0.25, 0.3) is 0 Å². The van der Waals surface area contributed by atoms with Gasteiger partial charge in [0, 0.05) is 24.4 Å². The van der Waals surface area contributed by atoms with Crippen molar-refractivity contribution in [3.63, 3.8) is 0 Å². The highest BCUT2D eigenvalue weighted by Gasteiger charge is 2.64. The maximum absolute atomic E-state index is 13.4. The second-order valence-electron chi connectivity index (χ2n) is 9.52. The highest BCUT2D eigenvalue weighted by atomic mass is 35.5. The number of likely N-dealkylation sites (N-methyl/N-ethyl adjacent to an activating group) is 1. The first kappa shape index (κ1) is 27.5. The molecule has 15 heteroatoms. The van der Waals surface area contributed by atoms with Gasteiger partial charge >= 0.3 is 23.8 Å². The first-order chi connectivity index (χ1) is 17.8. The third-order valence-electron chi connectivity index (χ3n) is 6.74. The number of urea groups is 1. The van der Waals surface area contributed by atoms with Crippen molar-refractivity contribution in [1.82, 2.24) is 25.3 Å². The number of imide groups is 1.